The van der Waals surface area contributed by atoms with Crippen LogP contribution >= 0.6 is 0 Å². The molecule has 0 saturated carbocycles. The van der Waals surface area contributed by atoms with Crippen molar-refractivity contribution in [2.24, 2.45) is 0 Å². The van der Waals surface area contributed by atoms with Crippen molar-refractivity contribution in [3.63, 3.8) is 0 Å². The van der Waals surface area contributed by atoms with Crippen LogP contribution in [-0.4, -0.2) is 23.3 Å². The van der Waals surface area contributed by atoms with Gasteiger partial charge in [-0.25, -0.2) is 4.98 Å². The molecule has 1 aliphatic heterocycles. The van der Waals surface area contributed by atoms with E-state index in [1.165, 1.54) is 30.5 Å². The number of nitrogens with zero attached hydrogens (tertiary/aromatic N) is 1. The van der Waals surface area contributed by atoms with E-state index in [1.54, 1.807) is 0 Å². The molecular weight excluding hydrogens is 337 g/mol. The number of pyridine rings is 1. The molecular formula is C16H13F3N4O2. The Kier molecular flexibility index (Phi) is 4.30. The van der Waals surface area contributed by atoms with E-state index < -0.39 is 17.6 Å². The van der Waals surface area contributed by atoms with E-state index in [0.29, 0.717) is 11.5 Å². The van der Waals surface area contributed by atoms with Crippen LogP contribution < -0.4 is 16.0 Å². The first kappa shape index (κ1) is 16.7. The Hall–Kier alpha value is -3.10. The average Bonchev–Trinajstić information content (AvgIpc) is 2.58. The molecule has 0 spiro atoms. The van der Waals surface area contributed by atoms with Crippen molar-refractivity contribution in [3.8, 4) is 0 Å². The monoisotopic (exact) mass is 350 g/mol. The van der Waals surface area contributed by atoms with Crippen molar-refractivity contribution < 1.29 is 22.8 Å². The van der Waals surface area contributed by atoms with Crippen LogP contribution in [0.25, 0.3) is 0 Å². The van der Waals surface area contributed by atoms with Crippen molar-refractivity contribution in [3.05, 3.63) is 53.2 Å². The van der Waals surface area contributed by atoms with Crippen molar-refractivity contribution in [2.45, 2.75) is 12.7 Å². The third kappa shape index (κ3) is 3.70. The molecule has 1 aromatic heterocycles. The second-order valence-electron chi connectivity index (χ2n) is 5.36. The molecule has 3 N–H and O–H groups in total. The SMILES string of the molecule is O=C1CNc2ncc(C(=O)NCc3ccccc3C(F)(F)F)cc2N1. The van der Waals surface area contributed by atoms with E-state index in [0.717, 1.165) is 6.07 Å². The van der Waals surface area contributed by atoms with E-state index in [1.807, 2.05) is 0 Å². The maximum Gasteiger partial charge on any atom is 0.416 e. The zero-order chi connectivity index (χ0) is 18.0. The standard InChI is InChI=1S/C16H13F3N4O2/c17-16(18,19)11-4-2-1-3-9(11)6-22-15(25)10-5-12-14(20-7-10)21-8-13(24)23-12/h1-5,7H,6,8H2,(H,20,21)(H,22,25)(H,23,24). The third-order valence-corrected chi connectivity index (χ3v) is 3.60. The Balaban J connectivity index is 1.74. The fourth-order valence-electron chi connectivity index (χ4n) is 2.41. The highest BCUT2D eigenvalue weighted by molar-refractivity contribution is 6.02. The predicted octanol–water partition coefficient (Wildman–Crippen LogP) is 2.39. The van der Waals surface area contributed by atoms with Crippen molar-refractivity contribution in [1.29, 1.82) is 0 Å². The Morgan fingerprint density at radius 2 is 2.04 bits per heavy atom. The second-order valence-corrected chi connectivity index (χ2v) is 5.36. The molecule has 0 bridgehead atoms. The number of alkyl halides is 3. The van der Waals surface area contributed by atoms with Crippen LogP contribution in [-0.2, 0) is 17.5 Å². The molecule has 130 valence electrons. The van der Waals surface area contributed by atoms with Gasteiger partial charge in [-0.1, -0.05) is 18.2 Å². The zero-order valence-electron chi connectivity index (χ0n) is 12.8. The van der Waals surface area contributed by atoms with Gasteiger partial charge in [0, 0.05) is 12.7 Å². The Morgan fingerprint density at radius 3 is 2.80 bits per heavy atom. The van der Waals surface area contributed by atoms with Crippen molar-refractivity contribution >= 4 is 23.3 Å². The summed E-state index contributed by atoms with van der Waals surface area (Å²) < 4.78 is 38.9. The summed E-state index contributed by atoms with van der Waals surface area (Å²) in [5.74, 6) is -0.434. The molecule has 1 aromatic carbocycles. The highest BCUT2D eigenvalue weighted by atomic mass is 19.4. The summed E-state index contributed by atoms with van der Waals surface area (Å²) in [6, 6.07) is 6.44. The van der Waals surface area contributed by atoms with Crippen LogP contribution in [0.15, 0.2) is 36.5 Å². The number of rotatable bonds is 3. The molecule has 0 aliphatic carbocycles. The molecule has 0 fully saturated rings. The minimum Gasteiger partial charge on any atom is -0.359 e. The molecule has 9 heteroatoms. The zero-order valence-corrected chi connectivity index (χ0v) is 12.8. The van der Waals surface area contributed by atoms with Crippen LogP contribution in [0.5, 0.6) is 0 Å². The van der Waals surface area contributed by atoms with Gasteiger partial charge in [-0.05, 0) is 17.7 Å². The fourth-order valence-corrected chi connectivity index (χ4v) is 2.41. The summed E-state index contributed by atoms with van der Waals surface area (Å²) in [5, 5.41) is 7.78. The largest absolute Gasteiger partial charge is 0.416 e. The summed E-state index contributed by atoms with van der Waals surface area (Å²) >= 11 is 0. The molecule has 1 aliphatic rings. The molecule has 0 radical (unpaired) electrons. The van der Waals surface area contributed by atoms with Gasteiger partial charge in [-0.15, -0.1) is 0 Å². The lowest BCUT2D eigenvalue weighted by atomic mass is 10.1. The number of aromatic nitrogens is 1. The number of carbonyl (C=O) groups excluding carboxylic acids is 2. The summed E-state index contributed by atoms with van der Waals surface area (Å²) in [6.45, 7) is -0.198. The maximum absolute atomic E-state index is 13.0. The van der Waals surface area contributed by atoms with Crippen LogP contribution in [0, 0.1) is 0 Å². The molecule has 6 nitrogen and oxygen atoms in total. The van der Waals surface area contributed by atoms with Crippen molar-refractivity contribution in [1.82, 2.24) is 10.3 Å². The molecule has 0 saturated heterocycles. The van der Waals surface area contributed by atoms with Gasteiger partial charge in [0.05, 0.1) is 23.4 Å². The first-order valence-corrected chi connectivity index (χ1v) is 7.31. The molecule has 2 aromatic rings. The average molecular weight is 350 g/mol. The highest BCUT2D eigenvalue weighted by Crippen LogP contribution is 2.31. The van der Waals surface area contributed by atoms with Crippen LogP contribution in [0.2, 0.25) is 0 Å². The first-order valence-electron chi connectivity index (χ1n) is 7.31. The summed E-state index contributed by atoms with van der Waals surface area (Å²) in [4.78, 5) is 27.5. The van der Waals surface area contributed by atoms with Crippen molar-refractivity contribution in [2.75, 3.05) is 17.2 Å². The molecule has 2 heterocycles. The predicted molar refractivity (Wildman–Crippen MR) is 84.0 cm³/mol. The topological polar surface area (TPSA) is 83.1 Å². The number of anilines is 2. The summed E-state index contributed by atoms with van der Waals surface area (Å²) in [6.07, 6.45) is -3.21. The van der Waals surface area contributed by atoms with Gasteiger partial charge in [0.1, 0.15) is 5.82 Å². The summed E-state index contributed by atoms with van der Waals surface area (Å²) in [7, 11) is 0. The number of amides is 2. The van der Waals surface area contributed by atoms with E-state index >= 15 is 0 Å². The van der Waals surface area contributed by atoms with Gasteiger partial charge in [-0.3, -0.25) is 9.59 Å². The van der Waals surface area contributed by atoms with E-state index in [9.17, 15) is 22.8 Å². The number of benzene rings is 1. The number of hydrogen-bond donors (Lipinski definition) is 3. The van der Waals surface area contributed by atoms with Gasteiger partial charge in [0.25, 0.3) is 5.91 Å². The molecule has 2 amide bonds. The van der Waals surface area contributed by atoms with E-state index in [4.69, 9.17) is 0 Å². The van der Waals surface area contributed by atoms with E-state index in [2.05, 4.69) is 20.9 Å². The fraction of sp³-hybridized carbons (Fsp3) is 0.188. The van der Waals surface area contributed by atoms with Crippen LogP contribution in [0.1, 0.15) is 21.5 Å². The van der Waals surface area contributed by atoms with Gasteiger partial charge >= 0.3 is 6.18 Å². The smallest absolute Gasteiger partial charge is 0.359 e. The number of halogens is 3. The maximum atomic E-state index is 13.0. The second kappa shape index (κ2) is 6.42. The first-order chi connectivity index (χ1) is 11.8. The molecule has 0 unspecified atom stereocenters. The molecule has 25 heavy (non-hydrogen) atoms. The van der Waals surface area contributed by atoms with Gasteiger partial charge in [0.2, 0.25) is 5.91 Å². The van der Waals surface area contributed by atoms with Gasteiger partial charge < -0.3 is 16.0 Å². The quantitative estimate of drug-likeness (QED) is 0.794. The Morgan fingerprint density at radius 1 is 1.28 bits per heavy atom. The minimum atomic E-state index is -4.50. The lowest BCUT2D eigenvalue weighted by Gasteiger charge is -2.18. The Labute approximate surface area is 140 Å². The summed E-state index contributed by atoms with van der Waals surface area (Å²) in [5.41, 5.74) is -0.355. The number of carbonyl (C=O) groups is 2. The lowest BCUT2D eigenvalue weighted by Crippen LogP contribution is -2.29. The van der Waals surface area contributed by atoms with Gasteiger partial charge in [-0.2, -0.15) is 13.2 Å². The molecule has 0 atom stereocenters. The normalized spacial score (nSPS) is 13.5. The van der Waals surface area contributed by atoms with E-state index in [-0.39, 0.29) is 30.1 Å². The van der Waals surface area contributed by atoms with Crippen LogP contribution in [0.4, 0.5) is 24.7 Å². The number of hydrogen-bond acceptors (Lipinski definition) is 4. The lowest BCUT2D eigenvalue weighted by molar-refractivity contribution is -0.138. The third-order valence-electron chi connectivity index (χ3n) is 3.60. The Bertz CT molecular complexity index is 836. The minimum absolute atomic E-state index is 0.0377. The van der Waals surface area contributed by atoms with Gasteiger partial charge in [0.15, 0.2) is 0 Å². The number of nitrogens with one attached hydrogen (secondary N) is 3. The molecule has 3 rings (SSSR count). The highest BCUT2D eigenvalue weighted by Gasteiger charge is 2.32. The number of fused-ring (bicyclic) bond motifs is 1. The van der Waals surface area contributed by atoms with Crippen LogP contribution in [0.3, 0.4) is 0 Å².